The Kier molecular flexibility index (Phi) is 8.83. The normalized spacial score (nSPS) is 11.5. The highest BCUT2D eigenvalue weighted by Gasteiger charge is 2.17. The molecule has 0 saturated carbocycles. The Labute approximate surface area is 366 Å². The molecule has 0 fully saturated rings. The molecule has 296 valence electrons. The van der Waals surface area contributed by atoms with Crippen molar-refractivity contribution in [2.45, 2.75) is 0 Å². The lowest BCUT2D eigenvalue weighted by Crippen LogP contribution is -2.09. The van der Waals surface area contributed by atoms with Crippen LogP contribution in [-0.4, -0.2) is 4.57 Å². The number of benzene rings is 10. The molecule has 0 amide bonds. The number of para-hydroxylation sites is 5. The molecule has 0 radical (unpaired) electrons. The van der Waals surface area contributed by atoms with Gasteiger partial charge < -0.3 is 13.9 Å². The van der Waals surface area contributed by atoms with Crippen LogP contribution >= 0.6 is 0 Å². The van der Waals surface area contributed by atoms with Crippen molar-refractivity contribution in [1.82, 2.24) is 4.57 Å². The molecule has 0 bridgehead atoms. The molecule has 0 spiro atoms. The van der Waals surface area contributed by atoms with Crippen molar-refractivity contribution in [2.24, 2.45) is 0 Å². The summed E-state index contributed by atoms with van der Waals surface area (Å²) in [6, 6.07) is 87.3. The fourth-order valence-corrected chi connectivity index (χ4v) is 9.35. The second-order valence-electron chi connectivity index (χ2n) is 16.2. The van der Waals surface area contributed by atoms with Crippen LogP contribution in [-0.2, 0) is 0 Å². The maximum atomic E-state index is 6.26. The predicted molar refractivity (Wildman–Crippen MR) is 264 cm³/mol. The zero-order valence-electron chi connectivity index (χ0n) is 34.4. The van der Waals surface area contributed by atoms with E-state index < -0.39 is 0 Å². The monoisotopic (exact) mass is 804 g/mol. The highest BCUT2D eigenvalue weighted by molar-refractivity contribution is 6.11. The molecule has 2 heterocycles. The maximum Gasteiger partial charge on any atom is 0.135 e. The van der Waals surface area contributed by atoms with Gasteiger partial charge in [-0.25, -0.2) is 0 Å². The predicted octanol–water partition coefficient (Wildman–Crippen LogP) is 16.8. The van der Waals surface area contributed by atoms with E-state index in [9.17, 15) is 0 Å². The van der Waals surface area contributed by atoms with Gasteiger partial charge in [0.2, 0.25) is 0 Å². The number of nitrogens with zero attached hydrogens (tertiary/aromatic N) is 2. The van der Waals surface area contributed by atoms with Gasteiger partial charge in [0, 0.05) is 44.3 Å². The number of anilines is 3. The molecule has 0 aliphatic heterocycles. The Bertz CT molecular complexity index is 3580. The second kappa shape index (κ2) is 15.3. The minimum atomic E-state index is 0.893. The summed E-state index contributed by atoms with van der Waals surface area (Å²) in [4.78, 5) is 2.32. The summed E-state index contributed by atoms with van der Waals surface area (Å²) in [5.74, 6) is 0. The molecule has 0 atom stereocenters. The van der Waals surface area contributed by atoms with E-state index in [1.807, 2.05) is 12.1 Å². The molecule has 12 aromatic rings. The lowest BCUT2D eigenvalue weighted by Gasteiger charge is -2.26. The van der Waals surface area contributed by atoms with Crippen molar-refractivity contribution in [3.05, 3.63) is 243 Å². The zero-order valence-corrected chi connectivity index (χ0v) is 34.4. The third-order valence-corrected chi connectivity index (χ3v) is 12.3. The van der Waals surface area contributed by atoms with E-state index in [1.165, 1.54) is 27.4 Å². The SMILES string of the molecule is c1ccc(N(c2ccccc2)c2cccc(-c3cccc(-c4cc(-c5ccc6oc7ccccc7c6c5)cc(-c5ccc6c(c5)c5ccccc5n6-c5ccccc5)c4)c3)c2)cc1. The minimum absolute atomic E-state index is 0.893. The summed E-state index contributed by atoms with van der Waals surface area (Å²) in [6.07, 6.45) is 0. The van der Waals surface area contributed by atoms with Crippen LogP contribution in [0.25, 0.3) is 93.9 Å². The number of rotatable bonds is 8. The number of fused-ring (bicyclic) bond motifs is 6. The molecule has 0 N–H and O–H groups in total. The van der Waals surface area contributed by atoms with E-state index in [0.29, 0.717) is 0 Å². The first-order chi connectivity index (χ1) is 31.2. The van der Waals surface area contributed by atoms with Crippen LogP contribution in [0.3, 0.4) is 0 Å². The lowest BCUT2D eigenvalue weighted by atomic mass is 9.91. The molecule has 12 rings (SSSR count). The molecule has 0 aliphatic rings. The largest absolute Gasteiger partial charge is 0.456 e. The van der Waals surface area contributed by atoms with Gasteiger partial charge >= 0.3 is 0 Å². The first-order valence-electron chi connectivity index (χ1n) is 21.5. The molecule has 63 heavy (non-hydrogen) atoms. The quantitative estimate of drug-likeness (QED) is 0.153. The smallest absolute Gasteiger partial charge is 0.135 e. The van der Waals surface area contributed by atoms with Gasteiger partial charge in [0.1, 0.15) is 11.2 Å². The Hall–Kier alpha value is -8.40. The van der Waals surface area contributed by atoms with Crippen LogP contribution in [0.2, 0.25) is 0 Å². The van der Waals surface area contributed by atoms with Gasteiger partial charge in [-0.3, -0.25) is 0 Å². The van der Waals surface area contributed by atoms with Crippen LogP contribution in [0.5, 0.6) is 0 Å². The average Bonchev–Trinajstić information content (AvgIpc) is 3.90. The number of aromatic nitrogens is 1. The van der Waals surface area contributed by atoms with Crippen molar-refractivity contribution in [3.8, 4) is 50.2 Å². The van der Waals surface area contributed by atoms with E-state index in [2.05, 4.69) is 240 Å². The fourth-order valence-electron chi connectivity index (χ4n) is 9.35. The lowest BCUT2D eigenvalue weighted by molar-refractivity contribution is 0.669. The molecule has 0 aliphatic carbocycles. The first kappa shape index (κ1) is 36.5. The molecule has 2 aromatic heterocycles. The summed E-state index contributed by atoms with van der Waals surface area (Å²) in [6.45, 7) is 0. The molecule has 3 heteroatoms. The van der Waals surface area contributed by atoms with Crippen molar-refractivity contribution < 1.29 is 4.42 Å². The van der Waals surface area contributed by atoms with E-state index in [4.69, 9.17) is 4.42 Å². The minimum Gasteiger partial charge on any atom is -0.456 e. The van der Waals surface area contributed by atoms with Crippen LogP contribution in [0.15, 0.2) is 247 Å². The molecular formula is C60H40N2O. The van der Waals surface area contributed by atoms with Gasteiger partial charge in [0.25, 0.3) is 0 Å². The number of hydrogen-bond acceptors (Lipinski definition) is 2. The third-order valence-electron chi connectivity index (χ3n) is 12.3. The molecule has 0 saturated heterocycles. The highest BCUT2D eigenvalue weighted by atomic mass is 16.3. The van der Waals surface area contributed by atoms with Crippen molar-refractivity contribution in [1.29, 1.82) is 0 Å². The van der Waals surface area contributed by atoms with Gasteiger partial charge in [-0.1, -0.05) is 133 Å². The van der Waals surface area contributed by atoms with Gasteiger partial charge in [-0.15, -0.1) is 0 Å². The van der Waals surface area contributed by atoms with E-state index in [1.54, 1.807) is 0 Å². The molecule has 3 nitrogen and oxygen atoms in total. The van der Waals surface area contributed by atoms with E-state index >= 15 is 0 Å². The Morgan fingerprint density at radius 3 is 1.43 bits per heavy atom. The summed E-state index contributed by atoms with van der Waals surface area (Å²) in [7, 11) is 0. The van der Waals surface area contributed by atoms with Crippen LogP contribution in [0, 0.1) is 0 Å². The summed E-state index contributed by atoms with van der Waals surface area (Å²) in [5, 5.41) is 4.71. The Balaban J connectivity index is 1.01. The Morgan fingerprint density at radius 1 is 0.270 bits per heavy atom. The van der Waals surface area contributed by atoms with Crippen molar-refractivity contribution >= 4 is 60.8 Å². The molecule has 10 aromatic carbocycles. The fraction of sp³-hybridized carbons (Fsp3) is 0. The standard InChI is InChI=1S/C60H40N2O/c1-4-19-49(20-5-1)61(50-21-6-2-7-22-50)52-25-15-18-43(38-52)41-16-14-17-42(34-41)46-35-47(37-48(36-46)45-31-33-60-56(40-45)54-27-11-13-29-59(54)63-60)44-30-32-58-55(39-44)53-26-10-12-28-57(53)62(58)51-23-8-3-9-24-51/h1-40H. The summed E-state index contributed by atoms with van der Waals surface area (Å²) >= 11 is 0. The van der Waals surface area contributed by atoms with Crippen LogP contribution in [0.1, 0.15) is 0 Å². The summed E-state index contributed by atoms with van der Waals surface area (Å²) in [5.41, 5.74) is 17.9. The van der Waals surface area contributed by atoms with Crippen LogP contribution in [0.4, 0.5) is 17.1 Å². The van der Waals surface area contributed by atoms with Gasteiger partial charge in [-0.2, -0.15) is 0 Å². The van der Waals surface area contributed by atoms with Crippen molar-refractivity contribution in [2.75, 3.05) is 4.90 Å². The Morgan fingerprint density at radius 2 is 0.730 bits per heavy atom. The highest BCUT2D eigenvalue weighted by Crippen LogP contribution is 2.41. The first-order valence-corrected chi connectivity index (χ1v) is 21.5. The van der Waals surface area contributed by atoms with E-state index in [0.717, 1.165) is 83.6 Å². The topological polar surface area (TPSA) is 21.3 Å². The second-order valence-corrected chi connectivity index (χ2v) is 16.2. The summed E-state index contributed by atoms with van der Waals surface area (Å²) < 4.78 is 8.64. The molecule has 0 unspecified atom stereocenters. The number of furan rings is 1. The van der Waals surface area contributed by atoms with Gasteiger partial charge in [-0.05, 0) is 154 Å². The molecular weight excluding hydrogens is 765 g/mol. The third kappa shape index (κ3) is 6.55. The maximum absolute atomic E-state index is 6.26. The van der Waals surface area contributed by atoms with Crippen molar-refractivity contribution in [3.63, 3.8) is 0 Å². The van der Waals surface area contributed by atoms with Gasteiger partial charge in [0.15, 0.2) is 0 Å². The van der Waals surface area contributed by atoms with Gasteiger partial charge in [0.05, 0.1) is 11.0 Å². The number of hydrogen-bond donors (Lipinski definition) is 0. The van der Waals surface area contributed by atoms with Crippen LogP contribution < -0.4 is 4.90 Å². The zero-order chi connectivity index (χ0) is 41.7. The average molecular weight is 805 g/mol. The van der Waals surface area contributed by atoms with E-state index in [-0.39, 0.29) is 0 Å².